The lowest BCUT2D eigenvalue weighted by atomic mass is 9.92. The zero-order chi connectivity index (χ0) is 27.6. The van der Waals surface area contributed by atoms with Crippen LogP contribution in [-0.2, 0) is 19.5 Å². The van der Waals surface area contributed by atoms with Crippen molar-refractivity contribution in [2.24, 2.45) is 5.41 Å². The van der Waals surface area contributed by atoms with Crippen molar-refractivity contribution >= 4 is 22.3 Å². The molecule has 0 saturated heterocycles. The highest BCUT2D eigenvalue weighted by Gasteiger charge is 2.29. The third-order valence-electron chi connectivity index (χ3n) is 7.97. The van der Waals surface area contributed by atoms with E-state index in [1.54, 1.807) is 16.9 Å². The van der Waals surface area contributed by atoms with E-state index in [4.69, 9.17) is 4.42 Å². The number of aromatic nitrogens is 2. The average molecular weight is 528 g/mol. The molecule has 4 heterocycles. The van der Waals surface area contributed by atoms with Crippen molar-refractivity contribution in [2.75, 3.05) is 49.6 Å². The predicted octanol–water partition coefficient (Wildman–Crippen LogP) is 5.35. The molecule has 3 aromatic heterocycles. The predicted molar refractivity (Wildman–Crippen MR) is 160 cm³/mol. The van der Waals surface area contributed by atoms with Gasteiger partial charge in [0.05, 0.1) is 23.0 Å². The van der Waals surface area contributed by atoms with E-state index in [2.05, 4.69) is 78.7 Å². The van der Waals surface area contributed by atoms with E-state index in [1.807, 2.05) is 24.7 Å². The maximum Gasteiger partial charge on any atom is 0.261 e. The average Bonchev–Trinajstić information content (AvgIpc) is 3.37. The molecule has 0 radical (unpaired) electrons. The van der Waals surface area contributed by atoms with Crippen molar-refractivity contribution in [3.8, 4) is 0 Å². The number of rotatable bonds is 9. The topological polar surface area (TPSA) is 57.8 Å². The highest BCUT2D eigenvalue weighted by molar-refractivity contribution is 5.75. The van der Waals surface area contributed by atoms with E-state index in [0.717, 1.165) is 45.7 Å². The van der Waals surface area contributed by atoms with Crippen molar-refractivity contribution in [3.63, 3.8) is 0 Å². The molecule has 4 aromatic rings. The summed E-state index contributed by atoms with van der Waals surface area (Å²) in [4.78, 5) is 24.7. The lowest BCUT2D eigenvalue weighted by molar-refractivity contribution is 0.256. The molecule has 0 aliphatic carbocycles. The third-order valence-corrected chi connectivity index (χ3v) is 7.97. The molecule has 7 nitrogen and oxygen atoms in total. The first kappa shape index (κ1) is 27.0. The monoisotopic (exact) mass is 527 g/mol. The SMILES string of the molecule is CCN1CC(C)(C)CN(C)c2cc(CCN(CCn3ccc4occc4c3=O)Cc3cnccc3C)ccc21. The second-order valence-electron chi connectivity index (χ2n) is 11.7. The maximum atomic E-state index is 13.0. The molecule has 1 aromatic carbocycles. The quantitative estimate of drug-likeness (QED) is 0.293. The van der Waals surface area contributed by atoms with Crippen LogP contribution in [0.15, 0.2) is 70.5 Å². The minimum Gasteiger partial charge on any atom is -0.464 e. The number of anilines is 2. The van der Waals surface area contributed by atoms with Gasteiger partial charge in [-0.2, -0.15) is 0 Å². The Morgan fingerprint density at radius 3 is 2.72 bits per heavy atom. The van der Waals surface area contributed by atoms with Gasteiger partial charge in [0.2, 0.25) is 0 Å². The molecule has 0 fully saturated rings. The highest BCUT2D eigenvalue weighted by Crippen LogP contribution is 2.37. The molecule has 0 N–H and O–H groups in total. The van der Waals surface area contributed by atoms with Crippen molar-refractivity contribution in [1.29, 1.82) is 0 Å². The lowest BCUT2D eigenvalue weighted by Crippen LogP contribution is -2.37. The smallest absolute Gasteiger partial charge is 0.261 e. The molecule has 39 heavy (non-hydrogen) atoms. The summed E-state index contributed by atoms with van der Waals surface area (Å²) in [6.45, 7) is 15.2. The van der Waals surface area contributed by atoms with Crippen molar-refractivity contribution in [3.05, 3.63) is 88.3 Å². The van der Waals surface area contributed by atoms with Crippen LogP contribution >= 0.6 is 0 Å². The number of nitrogens with zero attached hydrogens (tertiary/aromatic N) is 5. The van der Waals surface area contributed by atoms with Crippen LogP contribution in [0.3, 0.4) is 0 Å². The van der Waals surface area contributed by atoms with Crippen LogP contribution in [0.5, 0.6) is 0 Å². The number of furan rings is 1. The Kier molecular flexibility index (Phi) is 7.80. The molecule has 1 aliphatic heterocycles. The minimum atomic E-state index is -0.00375. The normalized spacial score (nSPS) is 15.1. The first-order chi connectivity index (χ1) is 18.7. The first-order valence-electron chi connectivity index (χ1n) is 14.0. The van der Waals surface area contributed by atoms with E-state index >= 15 is 0 Å². The molecule has 7 heteroatoms. The van der Waals surface area contributed by atoms with Crippen LogP contribution in [0.25, 0.3) is 11.0 Å². The molecular formula is C32H41N5O2. The van der Waals surface area contributed by atoms with Gasteiger partial charge in [-0.15, -0.1) is 0 Å². The van der Waals surface area contributed by atoms with Crippen molar-refractivity contribution in [2.45, 2.75) is 47.2 Å². The van der Waals surface area contributed by atoms with Gasteiger partial charge in [-0.25, -0.2) is 0 Å². The van der Waals surface area contributed by atoms with Crippen LogP contribution in [-0.4, -0.2) is 54.2 Å². The summed E-state index contributed by atoms with van der Waals surface area (Å²) in [6, 6.07) is 12.7. The third kappa shape index (κ3) is 6.04. The number of hydrogen-bond acceptors (Lipinski definition) is 6. The minimum absolute atomic E-state index is 0.00375. The fourth-order valence-corrected chi connectivity index (χ4v) is 5.85. The fourth-order valence-electron chi connectivity index (χ4n) is 5.85. The van der Waals surface area contributed by atoms with Gasteiger partial charge in [-0.3, -0.25) is 14.7 Å². The van der Waals surface area contributed by atoms with Crippen molar-refractivity contribution in [1.82, 2.24) is 14.5 Å². The summed E-state index contributed by atoms with van der Waals surface area (Å²) >= 11 is 0. The van der Waals surface area contributed by atoms with E-state index < -0.39 is 0 Å². The van der Waals surface area contributed by atoms with Gasteiger partial charge < -0.3 is 18.8 Å². The summed E-state index contributed by atoms with van der Waals surface area (Å²) in [5, 5.41) is 0.630. The first-order valence-corrected chi connectivity index (χ1v) is 14.0. The Bertz CT molecular complexity index is 1490. The molecule has 5 rings (SSSR count). The van der Waals surface area contributed by atoms with E-state index in [1.165, 1.54) is 28.1 Å². The van der Waals surface area contributed by atoms with Gasteiger partial charge in [0.15, 0.2) is 0 Å². The molecule has 0 atom stereocenters. The Hall–Kier alpha value is -3.58. The molecule has 206 valence electrons. The number of aryl methyl sites for hydroxylation is 1. The summed E-state index contributed by atoms with van der Waals surface area (Å²) in [7, 11) is 2.22. The molecule has 0 spiro atoms. The molecule has 0 amide bonds. The van der Waals surface area contributed by atoms with Crippen LogP contribution in [0.2, 0.25) is 0 Å². The standard InChI is InChI=1S/C32H41N5O2/c1-6-36-23-32(3,4)22-34(5)29-19-25(7-8-28(29)36)10-14-35(21-26-20-33-13-9-24(26)2)16-17-37-15-11-30-27(31(37)38)12-18-39-30/h7-9,11-13,15,18-20H,6,10,14,16-17,21-23H2,1-5H3. The zero-order valence-corrected chi connectivity index (χ0v) is 24.0. The largest absolute Gasteiger partial charge is 0.464 e. The number of hydrogen-bond donors (Lipinski definition) is 0. The molecule has 0 unspecified atom stereocenters. The molecule has 1 aliphatic rings. The lowest BCUT2D eigenvalue weighted by Gasteiger charge is -2.30. The van der Waals surface area contributed by atoms with Crippen LogP contribution in [0.4, 0.5) is 11.4 Å². The summed E-state index contributed by atoms with van der Waals surface area (Å²) < 4.78 is 7.19. The van der Waals surface area contributed by atoms with Gasteiger partial charge in [-0.1, -0.05) is 19.9 Å². The Balaban J connectivity index is 1.35. The molecule has 0 saturated carbocycles. The van der Waals surface area contributed by atoms with Gasteiger partial charge in [0.1, 0.15) is 5.58 Å². The van der Waals surface area contributed by atoms with Gasteiger partial charge >= 0.3 is 0 Å². The molecule has 0 bridgehead atoms. The second kappa shape index (κ2) is 11.3. The Labute approximate surface area is 231 Å². The van der Waals surface area contributed by atoms with Crippen LogP contribution in [0.1, 0.15) is 37.5 Å². The molecular weight excluding hydrogens is 486 g/mol. The van der Waals surface area contributed by atoms with Crippen molar-refractivity contribution < 1.29 is 4.42 Å². The van der Waals surface area contributed by atoms with E-state index in [-0.39, 0.29) is 11.0 Å². The summed E-state index contributed by atoms with van der Waals surface area (Å²) in [6.07, 6.45) is 8.16. The number of benzene rings is 1. The summed E-state index contributed by atoms with van der Waals surface area (Å²) in [5.74, 6) is 0. The summed E-state index contributed by atoms with van der Waals surface area (Å²) in [5.41, 5.74) is 7.29. The Morgan fingerprint density at radius 2 is 1.92 bits per heavy atom. The maximum absolute atomic E-state index is 13.0. The van der Waals surface area contributed by atoms with E-state index in [0.29, 0.717) is 17.5 Å². The number of pyridine rings is 2. The van der Waals surface area contributed by atoms with Crippen LogP contribution in [0, 0.1) is 12.3 Å². The number of fused-ring (bicyclic) bond motifs is 2. The van der Waals surface area contributed by atoms with Crippen LogP contribution < -0.4 is 15.4 Å². The van der Waals surface area contributed by atoms with Gasteiger partial charge in [-0.05, 0) is 72.7 Å². The van der Waals surface area contributed by atoms with Gasteiger partial charge in [0, 0.05) is 71.5 Å². The van der Waals surface area contributed by atoms with E-state index in [9.17, 15) is 4.79 Å². The van der Waals surface area contributed by atoms with Gasteiger partial charge in [0.25, 0.3) is 5.56 Å². The second-order valence-corrected chi connectivity index (χ2v) is 11.7. The Morgan fingerprint density at radius 1 is 1.08 bits per heavy atom. The zero-order valence-electron chi connectivity index (χ0n) is 24.0. The highest BCUT2D eigenvalue weighted by atomic mass is 16.3. The fraction of sp³-hybridized carbons (Fsp3) is 0.438.